The average Bonchev–Trinajstić information content (AvgIpc) is 3.28. The van der Waals surface area contributed by atoms with Gasteiger partial charge in [-0.2, -0.15) is 5.26 Å². The molecule has 28 heavy (non-hydrogen) atoms. The number of rotatable bonds is 3. The van der Waals surface area contributed by atoms with E-state index in [2.05, 4.69) is 6.07 Å². The fourth-order valence-corrected chi connectivity index (χ4v) is 4.22. The molecule has 0 spiro atoms. The summed E-state index contributed by atoms with van der Waals surface area (Å²) in [6.45, 7) is 1.39. The Bertz CT molecular complexity index is 924. The lowest BCUT2D eigenvalue weighted by molar-refractivity contribution is -0.137. The van der Waals surface area contributed by atoms with Crippen LogP contribution in [0.5, 0.6) is 0 Å². The van der Waals surface area contributed by atoms with Gasteiger partial charge in [0, 0.05) is 24.7 Å². The molecule has 0 aromatic heterocycles. The maximum absolute atomic E-state index is 12.8. The summed E-state index contributed by atoms with van der Waals surface area (Å²) in [4.78, 5) is 29.0. The molecule has 5 heteroatoms. The summed E-state index contributed by atoms with van der Waals surface area (Å²) >= 11 is 0. The summed E-state index contributed by atoms with van der Waals surface area (Å²) in [7, 11) is 0. The van der Waals surface area contributed by atoms with Gasteiger partial charge in [-0.25, -0.2) is 0 Å². The highest BCUT2D eigenvalue weighted by molar-refractivity contribution is 5.97. The first-order valence-electron chi connectivity index (χ1n) is 9.85. The Kier molecular flexibility index (Phi) is 5.12. The summed E-state index contributed by atoms with van der Waals surface area (Å²) < 4.78 is 0. The standard InChI is InChI=1S/C23H23N3O2/c24-15-17-4-3-5-20(14-17)18-8-10-19(11-9-18)23(28)25-12-13-26(22(27)16-25)21-6-1-2-7-21/h3-5,8-11,14,21H,1-2,6-7,12-13,16H2. The van der Waals surface area contributed by atoms with Crippen molar-refractivity contribution in [1.82, 2.24) is 9.80 Å². The molecule has 0 atom stereocenters. The van der Waals surface area contributed by atoms with Crippen LogP contribution in [0.15, 0.2) is 48.5 Å². The summed E-state index contributed by atoms with van der Waals surface area (Å²) in [6, 6.07) is 17.3. The third-order valence-electron chi connectivity index (χ3n) is 5.77. The maximum Gasteiger partial charge on any atom is 0.254 e. The van der Waals surface area contributed by atoms with Gasteiger partial charge in [0.05, 0.1) is 11.6 Å². The second-order valence-electron chi connectivity index (χ2n) is 7.52. The first-order valence-corrected chi connectivity index (χ1v) is 9.85. The van der Waals surface area contributed by atoms with Crippen LogP contribution in [0.1, 0.15) is 41.6 Å². The zero-order chi connectivity index (χ0) is 19.5. The van der Waals surface area contributed by atoms with Crippen LogP contribution in [0.3, 0.4) is 0 Å². The normalized spacial score (nSPS) is 17.6. The SMILES string of the molecule is N#Cc1cccc(-c2ccc(C(=O)N3CCN(C4CCCC4)C(=O)C3)cc2)c1. The molecular weight excluding hydrogens is 350 g/mol. The molecule has 1 aliphatic carbocycles. The molecule has 0 N–H and O–H groups in total. The van der Waals surface area contributed by atoms with E-state index in [1.807, 2.05) is 35.2 Å². The molecule has 5 nitrogen and oxygen atoms in total. The molecule has 2 fully saturated rings. The third kappa shape index (κ3) is 3.63. The van der Waals surface area contributed by atoms with Crippen molar-refractivity contribution in [2.24, 2.45) is 0 Å². The molecule has 1 saturated heterocycles. The van der Waals surface area contributed by atoms with Crippen molar-refractivity contribution >= 4 is 11.8 Å². The molecule has 2 aliphatic rings. The van der Waals surface area contributed by atoms with Crippen molar-refractivity contribution in [3.05, 3.63) is 59.7 Å². The molecule has 4 rings (SSSR count). The minimum Gasteiger partial charge on any atom is -0.336 e. The highest BCUT2D eigenvalue weighted by Crippen LogP contribution is 2.26. The van der Waals surface area contributed by atoms with Crippen LogP contribution in [0.2, 0.25) is 0 Å². The van der Waals surface area contributed by atoms with Crippen LogP contribution in [0.25, 0.3) is 11.1 Å². The van der Waals surface area contributed by atoms with E-state index in [0.717, 1.165) is 24.0 Å². The Labute approximate surface area is 165 Å². The van der Waals surface area contributed by atoms with Gasteiger partial charge in [-0.1, -0.05) is 37.1 Å². The summed E-state index contributed by atoms with van der Waals surface area (Å²) in [5.74, 6) is -0.0341. The topological polar surface area (TPSA) is 64.4 Å². The predicted molar refractivity (Wildman–Crippen MR) is 106 cm³/mol. The number of hydrogen-bond donors (Lipinski definition) is 0. The summed E-state index contributed by atoms with van der Waals surface area (Å²) in [5.41, 5.74) is 3.09. The van der Waals surface area contributed by atoms with Gasteiger partial charge >= 0.3 is 0 Å². The Morgan fingerprint density at radius 2 is 1.75 bits per heavy atom. The van der Waals surface area contributed by atoms with Crippen molar-refractivity contribution in [3.8, 4) is 17.2 Å². The summed E-state index contributed by atoms with van der Waals surface area (Å²) in [5, 5.41) is 9.05. The van der Waals surface area contributed by atoms with Gasteiger partial charge in [-0.15, -0.1) is 0 Å². The molecule has 1 heterocycles. The van der Waals surface area contributed by atoms with Gasteiger partial charge in [0.25, 0.3) is 5.91 Å². The molecule has 142 valence electrons. The first-order chi connectivity index (χ1) is 13.7. The second-order valence-corrected chi connectivity index (χ2v) is 7.52. The molecule has 0 radical (unpaired) electrons. The van der Waals surface area contributed by atoms with Crippen LogP contribution in [-0.4, -0.2) is 47.3 Å². The third-order valence-corrected chi connectivity index (χ3v) is 5.77. The molecule has 2 aromatic rings. The van der Waals surface area contributed by atoms with Crippen molar-refractivity contribution in [2.45, 2.75) is 31.7 Å². The van der Waals surface area contributed by atoms with E-state index in [1.165, 1.54) is 12.8 Å². The molecule has 1 saturated carbocycles. The fraction of sp³-hybridized carbons (Fsp3) is 0.348. The number of benzene rings is 2. The van der Waals surface area contributed by atoms with E-state index in [0.29, 0.717) is 30.3 Å². The van der Waals surface area contributed by atoms with Crippen molar-refractivity contribution in [1.29, 1.82) is 5.26 Å². The number of hydrogen-bond acceptors (Lipinski definition) is 3. The number of nitriles is 1. The Hall–Kier alpha value is -3.13. The van der Waals surface area contributed by atoms with Crippen LogP contribution in [0, 0.1) is 11.3 Å². The summed E-state index contributed by atoms with van der Waals surface area (Å²) in [6.07, 6.45) is 4.57. The predicted octanol–water partition coefficient (Wildman–Crippen LogP) is 3.45. The maximum atomic E-state index is 12.8. The van der Waals surface area contributed by atoms with E-state index in [9.17, 15) is 9.59 Å². The quantitative estimate of drug-likeness (QED) is 0.828. The van der Waals surface area contributed by atoms with Gasteiger partial charge in [-0.05, 0) is 48.2 Å². The molecule has 2 amide bonds. The number of nitrogens with zero attached hydrogens (tertiary/aromatic N) is 3. The van der Waals surface area contributed by atoms with Crippen LogP contribution in [-0.2, 0) is 4.79 Å². The molecular formula is C23H23N3O2. The van der Waals surface area contributed by atoms with Gasteiger partial charge in [0.2, 0.25) is 5.91 Å². The minimum atomic E-state index is -0.100. The molecule has 2 aromatic carbocycles. The number of carbonyl (C=O) groups excluding carboxylic acids is 2. The Morgan fingerprint density at radius 3 is 2.43 bits per heavy atom. The van der Waals surface area contributed by atoms with Crippen LogP contribution in [0.4, 0.5) is 0 Å². The number of carbonyl (C=O) groups is 2. The molecule has 0 unspecified atom stereocenters. The lowest BCUT2D eigenvalue weighted by Gasteiger charge is -2.37. The zero-order valence-corrected chi connectivity index (χ0v) is 15.8. The zero-order valence-electron chi connectivity index (χ0n) is 15.8. The minimum absolute atomic E-state index is 0.0661. The van der Waals surface area contributed by atoms with E-state index in [4.69, 9.17) is 5.26 Å². The monoisotopic (exact) mass is 373 g/mol. The van der Waals surface area contributed by atoms with Crippen LogP contribution < -0.4 is 0 Å². The number of piperazine rings is 1. The van der Waals surface area contributed by atoms with Crippen LogP contribution >= 0.6 is 0 Å². The highest BCUT2D eigenvalue weighted by atomic mass is 16.2. The van der Waals surface area contributed by atoms with E-state index >= 15 is 0 Å². The van der Waals surface area contributed by atoms with Crippen molar-refractivity contribution in [3.63, 3.8) is 0 Å². The Balaban J connectivity index is 1.44. The van der Waals surface area contributed by atoms with Crippen molar-refractivity contribution in [2.75, 3.05) is 19.6 Å². The highest BCUT2D eigenvalue weighted by Gasteiger charge is 2.33. The van der Waals surface area contributed by atoms with E-state index in [-0.39, 0.29) is 18.4 Å². The van der Waals surface area contributed by atoms with E-state index < -0.39 is 0 Å². The van der Waals surface area contributed by atoms with Gasteiger partial charge < -0.3 is 9.80 Å². The lowest BCUT2D eigenvalue weighted by atomic mass is 10.0. The fourth-order valence-electron chi connectivity index (χ4n) is 4.22. The molecule has 0 bridgehead atoms. The molecule has 1 aliphatic heterocycles. The van der Waals surface area contributed by atoms with Gasteiger partial charge in [0.1, 0.15) is 6.54 Å². The largest absolute Gasteiger partial charge is 0.336 e. The number of amides is 2. The average molecular weight is 373 g/mol. The van der Waals surface area contributed by atoms with Crippen molar-refractivity contribution < 1.29 is 9.59 Å². The van der Waals surface area contributed by atoms with Gasteiger partial charge in [0.15, 0.2) is 0 Å². The second kappa shape index (κ2) is 7.85. The Morgan fingerprint density at radius 1 is 1.00 bits per heavy atom. The van der Waals surface area contributed by atoms with Gasteiger partial charge in [-0.3, -0.25) is 9.59 Å². The first kappa shape index (κ1) is 18.2. The lowest BCUT2D eigenvalue weighted by Crippen LogP contribution is -2.54. The van der Waals surface area contributed by atoms with E-state index in [1.54, 1.807) is 23.1 Å². The smallest absolute Gasteiger partial charge is 0.254 e.